The highest BCUT2D eigenvalue weighted by molar-refractivity contribution is 7.98. The van der Waals surface area contributed by atoms with E-state index in [1.165, 1.54) is 18.1 Å². The molecular weight excluding hydrogens is 382 g/mol. The van der Waals surface area contributed by atoms with Crippen LogP contribution in [0.2, 0.25) is 5.02 Å². The van der Waals surface area contributed by atoms with Crippen LogP contribution in [0, 0.1) is 0 Å². The summed E-state index contributed by atoms with van der Waals surface area (Å²) in [5.74, 6) is 1.89. The Balaban J connectivity index is 1.62. The summed E-state index contributed by atoms with van der Waals surface area (Å²) in [5, 5.41) is 4.38. The molecule has 134 valence electrons. The SMILES string of the molecule is CSc1ncc2ncnc(Nc3ccc(Oc4ccccc4)c(Cl)c3)c2n1. The Kier molecular flexibility index (Phi) is 5.04. The van der Waals surface area contributed by atoms with E-state index < -0.39 is 0 Å². The van der Waals surface area contributed by atoms with Crippen LogP contribution in [-0.4, -0.2) is 26.2 Å². The van der Waals surface area contributed by atoms with Crippen molar-refractivity contribution in [3.05, 3.63) is 66.1 Å². The molecule has 0 fully saturated rings. The summed E-state index contributed by atoms with van der Waals surface area (Å²) >= 11 is 7.85. The van der Waals surface area contributed by atoms with Crippen LogP contribution in [0.25, 0.3) is 11.0 Å². The molecule has 2 aromatic heterocycles. The van der Waals surface area contributed by atoms with E-state index in [0.29, 0.717) is 32.8 Å². The van der Waals surface area contributed by atoms with Gasteiger partial charge >= 0.3 is 0 Å². The van der Waals surface area contributed by atoms with Crippen LogP contribution in [0.1, 0.15) is 0 Å². The Morgan fingerprint density at radius 3 is 2.67 bits per heavy atom. The largest absolute Gasteiger partial charge is 0.456 e. The first kappa shape index (κ1) is 17.5. The third-order valence-electron chi connectivity index (χ3n) is 3.70. The highest BCUT2D eigenvalue weighted by atomic mass is 35.5. The maximum absolute atomic E-state index is 6.38. The average molecular weight is 396 g/mol. The smallest absolute Gasteiger partial charge is 0.188 e. The maximum atomic E-state index is 6.38. The lowest BCUT2D eigenvalue weighted by molar-refractivity contribution is 0.483. The van der Waals surface area contributed by atoms with Gasteiger partial charge in [0.1, 0.15) is 28.9 Å². The summed E-state index contributed by atoms with van der Waals surface area (Å²) in [6.07, 6.45) is 5.08. The number of hydrogen-bond donors (Lipinski definition) is 1. The molecule has 0 unspecified atom stereocenters. The van der Waals surface area contributed by atoms with Crippen LogP contribution in [0.15, 0.2) is 66.2 Å². The fraction of sp³-hybridized carbons (Fsp3) is 0.0526. The molecule has 2 heterocycles. The second-order valence-electron chi connectivity index (χ2n) is 5.50. The number of rotatable bonds is 5. The second-order valence-corrected chi connectivity index (χ2v) is 6.68. The molecule has 0 radical (unpaired) electrons. The third-order valence-corrected chi connectivity index (χ3v) is 4.56. The van der Waals surface area contributed by atoms with Crippen molar-refractivity contribution in [2.45, 2.75) is 5.16 Å². The molecule has 8 heteroatoms. The molecule has 0 amide bonds. The summed E-state index contributed by atoms with van der Waals surface area (Å²) in [6, 6.07) is 15.0. The van der Waals surface area contributed by atoms with Crippen molar-refractivity contribution in [2.24, 2.45) is 0 Å². The Morgan fingerprint density at radius 1 is 1.04 bits per heavy atom. The number of halogens is 1. The van der Waals surface area contributed by atoms with E-state index in [4.69, 9.17) is 16.3 Å². The van der Waals surface area contributed by atoms with Crippen LogP contribution in [0.5, 0.6) is 11.5 Å². The third kappa shape index (κ3) is 3.94. The van der Waals surface area contributed by atoms with Crippen molar-refractivity contribution in [3.63, 3.8) is 0 Å². The van der Waals surface area contributed by atoms with Gasteiger partial charge in [-0.2, -0.15) is 0 Å². The van der Waals surface area contributed by atoms with Gasteiger partial charge in [-0.25, -0.2) is 19.9 Å². The maximum Gasteiger partial charge on any atom is 0.188 e. The van der Waals surface area contributed by atoms with E-state index in [2.05, 4.69) is 25.3 Å². The van der Waals surface area contributed by atoms with Crippen molar-refractivity contribution >= 4 is 45.9 Å². The first-order valence-corrected chi connectivity index (χ1v) is 9.64. The summed E-state index contributed by atoms with van der Waals surface area (Å²) in [7, 11) is 0. The Morgan fingerprint density at radius 2 is 1.89 bits per heavy atom. The zero-order chi connectivity index (χ0) is 18.6. The van der Waals surface area contributed by atoms with Crippen LogP contribution in [0.3, 0.4) is 0 Å². The fourth-order valence-corrected chi connectivity index (χ4v) is 3.00. The minimum atomic E-state index is 0.488. The highest BCUT2D eigenvalue weighted by Gasteiger charge is 2.10. The predicted molar refractivity (Wildman–Crippen MR) is 108 cm³/mol. The number of hydrogen-bond acceptors (Lipinski definition) is 7. The number of ether oxygens (including phenoxy) is 1. The van der Waals surface area contributed by atoms with Crippen molar-refractivity contribution in [2.75, 3.05) is 11.6 Å². The van der Waals surface area contributed by atoms with E-state index in [9.17, 15) is 0 Å². The molecule has 4 rings (SSSR count). The quantitative estimate of drug-likeness (QED) is 0.361. The molecule has 0 aliphatic carbocycles. The molecule has 0 saturated heterocycles. The monoisotopic (exact) mass is 395 g/mol. The standard InChI is InChI=1S/C19H14ClN5OS/c1-27-19-21-10-15-17(25-19)18(23-11-22-15)24-12-7-8-16(14(20)9-12)26-13-5-3-2-4-6-13/h2-11H,1H3,(H,22,23,24). The lowest BCUT2D eigenvalue weighted by atomic mass is 10.3. The van der Waals surface area contributed by atoms with Crippen LogP contribution in [0.4, 0.5) is 11.5 Å². The normalized spacial score (nSPS) is 10.7. The molecular formula is C19H14ClN5OS. The van der Waals surface area contributed by atoms with Gasteiger partial charge in [-0.3, -0.25) is 0 Å². The molecule has 1 N–H and O–H groups in total. The second kappa shape index (κ2) is 7.77. The molecule has 0 saturated carbocycles. The highest BCUT2D eigenvalue weighted by Crippen LogP contribution is 2.33. The van der Waals surface area contributed by atoms with Gasteiger partial charge < -0.3 is 10.1 Å². The summed E-state index contributed by atoms with van der Waals surface area (Å²) in [5.41, 5.74) is 2.09. The van der Waals surface area contributed by atoms with Gasteiger partial charge in [-0.15, -0.1) is 0 Å². The van der Waals surface area contributed by atoms with Crippen molar-refractivity contribution < 1.29 is 4.74 Å². The minimum Gasteiger partial charge on any atom is -0.456 e. The molecule has 4 aromatic rings. The van der Waals surface area contributed by atoms with Crippen LogP contribution < -0.4 is 10.1 Å². The average Bonchev–Trinajstić information content (AvgIpc) is 2.71. The van der Waals surface area contributed by atoms with Crippen LogP contribution >= 0.6 is 23.4 Å². The van der Waals surface area contributed by atoms with Crippen molar-refractivity contribution in [1.82, 2.24) is 19.9 Å². The lowest BCUT2D eigenvalue weighted by Gasteiger charge is -2.11. The molecule has 2 aromatic carbocycles. The van der Waals surface area contributed by atoms with Gasteiger partial charge in [-0.1, -0.05) is 41.6 Å². The number of nitrogens with zero attached hydrogens (tertiary/aromatic N) is 4. The Labute approximate surface area is 165 Å². The van der Waals surface area contributed by atoms with Gasteiger partial charge in [0.05, 0.1) is 11.2 Å². The summed E-state index contributed by atoms with van der Waals surface area (Å²) in [6.45, 7) is 0. The number of para-hydroxylation sites is 1. The number of nitrogens with one attached hydrogen (secondary N) is 1. The van der Waals surface area contributed by atoms with E-state index in [1.54, 1.807) is 12.3 Å². The van der Waals surface area contributed by atoms with E-state index >= 15 is 0 Å². The van der Waals surface area contributed by atoms with E-state index in [0.717, 1.165) is 11.4 Å². The number of benzene rings is 2. The Bertz CT molecular complexity index is 1090. The number of thioether (sulfide) groups is 1. The molecule has 0 atom stereocenters. The summed E-state index contributed by atoms with van der Waals surface area (Å²) in [4.78, 5) is 17.2. The fourth-order valence-electron chi connectivity index (χ4n) is 2.44. The topological polar surface area (TPSA) is 72.8 Å². The first-order valence-electron chi connectivity index (χ1n) is 8.04. The number of aromatic nitrogens is 4. The molecule has 0 aliphatic heterocycles. The van der Waals surface area contributed by atoms with E-state index in [1.807, 2.05) is 48.7 Å². The molecule has 6 nitrogen and oxygen atoms in total. The van der Waals surface area contributed by atoms with Crippen molar-refractivity contribution in [1.29, 1.82) is 0 Å². The number of anilines is 2. The molecule has 0 spiro atoms. The molecule has 0 bridgehead atoms. The van der Waals surface area contributed by atoms with Gasteiger partial charge in [0.25, 0.3) is 0 Å². The zero-order valence-electron chi connectivity index (χ0n) is 14.3. The Hall–Kier alpha value is -2.90. The molecule has 0 aliphatic rings. The van der Waals surface area contributed by atoms with E-state index in [-0.39, 0.29) is 0 Å². The zero-order valence-corrected chi connectivity index (χ0v) is 15.8. The predicted octanol–water partition coefficient (Wildman–Crippen LogP) is 5.33. The van der Waals surface area contributed by atoms with Crippen molar-refractivity contribution in [3.8, 4) is 11.5 Å². The lowest BCUT2D eigenvalue weighted by Crippen LogP contribution is -1.99. The van der Waals surface area contributed by atoms with Gasteiger partial charge in [0.2, 0.25) is 0 Å². The van der Waals surface area contributed by atoms with Crippen LogP contribution in [-0.2, 0) is 0 Å². The molecule has 27 heavy (non-hydrogen) atoms. The summed E-state index contributed by atoms with van der Waals surface area (Å²) < 4.78 is 5.81. The minimum absolute atomic E-state index is 0.488. The van der Waals surface area contributed by atoms with Gasteiger partial charge in [0, 0.05) is 5.69 Å². The number of fused-ring (bicyclic) bond motifs is 1. The first-order chi connectivity index (χ1) is 13.2. The van der Waals surface area contributed by atoms with Gasteiger partial charge in [0.15, 0.2) is 11.0 Å². The van der Waals surface area contributed by atoms with Gasteiger partial charge in [-0.05, 0) is 36.6 Å².